The molecule has 1 fully saturated rings. The van der Waals surface area contributed by atoms with Gasteiger partial charge in [-0.1, -0.05) is 49.2 Å². The van der Waals surface area contributed by atoms with Gasteiger partial charge in [0.25, 0.3) is 5.91 Å². The third kappa shape index (κ3) is 4.97. The highest BCUT2D eigenvalue weighted by molar-refractivity contribution is 8.18. The number of rotatable bonds is 7. The van der Waals surface area contributed by atoms with Gasteiger partial charge in [-0.3, -0.25) is 9.69 Å². The Morgan fingerprint density at radius 3 is 2.57 bits per heavy atom. The fourth-order valence-electron chi connectivity index (χ4n) is 2.66. The van der Waals surface area contributed by atoms with Crippen LogP contribution < -0.4 is 4.74 Å². The van der Waals surface area contributed by atoms with Gasteiger partial charge in [-0.2, -0.15) is 0 Å². The van der Waals surface area contributed by atoms with E-state index in [9.17, 15) is 4.79 Å². The normalized spacial score (nSPS) is 17.0. The summed E-state index contributed by atoms with van der Waals surface area (Å²) in [4.78, 5) is 19.7. The zero-order chi connectivity index (χ0) is 19.9. The summed E-state index contributed by atoms with van der Waals surface area (Å²) in [6, 6.07) is 15.2. The number of ether oxygens (including phenoxy) is 1. The van der Waals surface area contributed by atoms with Crippen LogP contribution in [0.25, 0.3) is 6.08 Å². The van der Waals surface area contributed by atoms with Gasteiger partial charge in [-0.05, 0) is 61.0 Å². The number of benzene rings is 2. The molecule has 0 unspecified atom stereocenters. The van der Waals surface area contributed by atoms with E-state index in [4.69, 9.17) is 16.3 Å². The molecule has 28 heavy (non-hydrogen) atoms. The van der Waals surface area contributed by atoms with Crippen LogP contribution in [0, 0.1) is 0 Å². The minimum Gasteiger partial charge on any atom is -0.494 e. The molecule has 4 nitrogen and oxygen atoms in total. The molecule has 2 aromatic carbocycles. The number of aliphatic imine (C=N–C) groups is 1. The molecular weight excluding hydrogens is 392 g/mol. The Labute approximate surface area is 175 Å². The van der Waals surface area contributed by atoms with Crippen molar-refractivity contribution in [3.8, 4) is 5.75 Å². The van der Waals surface area contributed by atoms with Gasteiger partial charge < -0.3 is 4.74 Å². The third-order valence-corrected chi connectivity index (χ3v) is 5.54. The van der Waals surface area contributed by atoms with E-state index < -0.39 is 0 Å². The monoisotopic (exact) mass is 414 g/mol. The lowest BCUT2D eigenvalue weighted by Crippen LogP contribution is -2.28. The molecule has 6 heteroatoms. The number of hydrogen-bond acceptors (Lipinski definition) is 4. The van der Waals surface area contributed by atoms with Gasteiger partial charge in [0.2, 0.25) is 0 Å². The lowest BCUT2D eigenvalue weighted by atomic mass is 10.2. The van der Waals surface area contributed by atoms with Crippen LogP contribution in [0.2, 0.25) is 5.02 Å². The first-order valence-electron chi connectivity index (χ1n) is 9.40. The molecule has 0 saturated carbocycles. The van der Waals surface area contributed by atoms with Crippen LogP contribution in [0.5, 0.6) is 5.75 Å². The predicted octanol–water partition coefficient (Wildman–Crippen LogP) is 6.14. The summed E-state index contributed by atoms with van der Waals surface area (Å²) in [5, 5.41) is 1.21. The van der Waals surface area contributed by atoms with Gasteiger partial charge in [-0.25, -0.2) is 4.99 Å². The average Bonchev–Trinajstić information content (AvgIpc) is 2.99. The Morgan fingerprint density at radius 2 is 1.89 bits per heavy atom. The summed E-state index contributed by atoms with van der Waals surface area (Å²) in [6.07, 6.45) is 4.04. The van der Waals surface area contributed by atoms with Crippen molar-refractivity contribution in [2.45, 2.75) is 26.7 Å². The number of halogens is 1. The molecule has 0 N–H and O–H groups in total. The zero-order valence-electron chi connectivity index (χ0n) is 16.0. The second-order valence-corrected chi connectivity index (χ2v) is 7.69. The van der Waals surface area contributed by atoms with E-state index in [2.05, 4.69) is 11.9 Å². The number of likely N-dealkylation sites (N-methyl/N-ethyl adjacent to an activating group) is 1. The van der Waals surface area contributed by atoms with E-state index in [0.717, 1.165) is 30.8 Å². The summed E-state index contributed by atoms with van der Waals surface area (Å²) in [7, 11) is 0. The van der Waals surface area contributed by atoms with Gasteiger partial charge in [0.1, 0.15) is 5.75 Å². The highest BCUT2D eigenvalue weighted by Gasteiger charge is 2.32. The molecule has 1 aliphatic heterocycles. The summed E-state index contributed by atoms with van der Waals surface area (Å²) in [6.45, 7) is 5.35. The van der Waals surface area contributed by atoms with Crippen LogP contribution in [0.4, 0.5) is 5.69 Å². The van der Waals surface area contributed by atoms with Crippen LogP contribution in [0.15, 0.2) is 58.4 Å². The molecule has 0 bridgehead atoms. The number of para-hydroxylation sites is 1. The van der Waals surface area contributed by atoms with E-state index in [0.29, 0.717) is 27.3 Å². The molecule has 1 heterocycles. The molecule has 0 atom stereocenters. The maximum atomic E-state index is 12.8. The first-order valence-corrected chi connectivity index (χ1v) is 10.6. The Bertz CT molecular complexity index is 894. The first-order chi connectivity index (χ1) is 13.6. The smallest absolute Gasteiger partial charge is 0.266 e. The molecule has 146 valence electrons. The van der Waals surface area contributed by atoms with Crippen LogP contribution in [0.1, 0.15) is 32.3 Å². The number of unbranched alkanes of at least 4 members (excludes halogenated alkanes) is 1. The fourth-order valence-corrected chi connectivity index (χ4v) is 3.90. The van der Waals surface area contributed by atoms with Crippen molar-refractivity contribution >= 4 is 46.2 Å². The number of thioether (sulfide) groups is 1. The number of hydrogen-bond donors (Lipinski definition) is 0. The van der Waals surface area contributed by atoms with Crippen molar-refractivity contribution in [3.63, 3.8) is 0 Å². The lowest BCUT2D eigenvalue weighted by molar-refractivity contribution is -0.122. The Hall–Kier alpha value is -2.24. The second kappa shape index (κ2) is 9.80. The van der Waals surface area contributed by atoms with E-state index in [-0.39, 0.29) is 5.91 Å². The summed E-state index contributed by atoms with van der Waals surface area (Å²) in [5.74, 6) is 0.804. The molecule has 1 saturated heterocycles. The third-order valence-electron chi connectivity index (χ3n) is 4.22. The van der Waals surface area contributed by atoms with Gasteiger partial charge in [0.15, 0.2) is 5.17 Å². The predicted molar refractivity (Wildman–Crippen MR) is 118 cm³/mol. The lowest BCUT2D eigenvalue weighted by Gasteiger charge is -2.12. The SMILES string of the molecule is CCCCOc1ccc(/C=C2/SC(=Nc3ccccc3Cl)N(CC)C2=O)cc1. The quantitative estimate of drug-likeness (QED) is 0.403. The van der Waals surface area contributed by atoms with E-state index in [1.807, 2.05) is 55.5 Å². The van der Waals surface area contributed by atoms with Crippen molar-refractivity contribution in [3.05, 3.63) is 64.0 Å². The highest BCUT2D eigenvalue weighted by Crippen LogP contribution is 2.35. The Kier molecular flexibility index (Phi) is 7.18. The second-order valence-electron chi connectivity index (χ2n) is 6.28. The van der Waals surface area contributed by atoms with Gasteiger partial charge in [0, 0.05) is 6.54 Å². The maximum absolute atomic E-state index is 12.8. The van der Waals surface area contributed by atoms with Crippen LogP contribution in [-0.2, 0) is 4.79 Å². The van der Waals surface area contributed by atoms with Crippen LogP contribution in [0.3, 0.4) is 0 Å². The van der Waals surface area contributed by atoms with E-state index >= 15 is 0 Å². The zero-order valence-corrected chi connectivity index (χ0v) is 17.6. The topological polar surface area (TPSA) is 41.9 Å². The van der Waals surface area contributed by atoms with Gasteiger partial charge >= 0.3 is 0 Å². The molecule has 3 rings (SSSR count). The summed E-state index contributed by atoms with van der Waals surface area (Å²) < 4.78 is 5.69. The first kappa shape index (κ1) is 20.5. The molecule has 2 aromatic rings. The summed E-state index contributed by atoms with van der Waals surface area (Å²) in [5.41, 5.74) is 1.61. The standard InChI is InChI=1S/C22H23ClN2O2S/c1-3-5-14-27-17-12-10-16(11-13-17)15-20-21(26)25(4-2)22(28-20)24-19-9-7-6-8-18(19)23/h6-13,15H,3-5,14H2,1-2H3/b20-15+,24-22?. The van der Waals surface area contributed by atoms with Crippen LogP contribution >= 0.6 is 23.4 Å². The number of carbonyl (C=O) groups is 1. The number of nitrogens with zero attached hydrogens (tertiary/aromatic N) is 2. The van der Waals surface area contributed by atoms with E-state index in [1.165, 1.54) is 11.8 Å². The summed E-state index contributed by atoms with van der Waals surface area (Å²) >= 11 is 7.58. The highest BCUT2D eigenvalue weighted by atomic mass is 35.5. The van der Waals surface area contributed by atoms with Crippen molar-refractivity contribution in [1.82, 2.24) is 4.90 Å². The molecule has 1 aliphatic rings. The Morgan fingerprint density at radius 1 is 1.14 bits per heavy atom. The minimum absolute atomic E-state index is 0.0402. The number of amides is 1. The minimum atomic E-state index is -0.0402. The Balaban J connectivity index is 1.79. The van der Waals surface area contributed by atoms with Gasteiger partial charge in [-0.15, -0.1) is 0 Å². The molecule has 0 aromatic heterocycles. The molecule has 0 aliphatic carbocycles. The van der Waals surface area contributed by atoms with Crippen molar-refractivity contribution < 1.29 is 9.53 Å². The molecule has 0 spiro atoms. The number of carbonyl (C=O) groups excluding carboxylic acids is 1. The average molecular weight is 415 g/mol. The van der Waals surface area contributed by atoms with E-state index in [1.54, 1.807) is 11.0 Å². The van der Waals surface area contributed by atoms with Crippen molar-refractivity contribution in [1.29, 1.82) is 0 Å². The number of amidine groups is 1. The van der Waals surface area contributed by atoms with Crippen molar-refractivity contribution in [2.24, 2.45) is 4.99 Å². The largest absolute Gasteiger partial charge is 0.494 e. The molecule has 1 amide bonds. The maximum Gasteiger partial charge on any atom is 0.266 e. The fraction of sp³-hybridized carbons (Fsp3) is 0.273. The van der Waals surface area contributed by atoms with Crippen molar-refractivity contribution in [2.75, 3.05) is 13.2 Å². The van der Waals surface area contributed by atoms with Crippen LogP contribution in [-0.4, -0.2) is 29.1 Å². The molecular formula is C22H23ClN2O2S. The molecule has 0 radical (unpaired) electrons. The van der Waals surface area contributed by atoms with Gasteiger partial charge in [0.05, 0.1) is 22.2 Å².